The normalized spacial score (nSPS) is 15.3. The molecule has 1 aliphatic carbocycles. The molecule has 0 amide bonds. The molecule has 7 aromatic carbocycles. The number of anilines is 1. The zero-order valence-electron chi connectivity index (χ0n) is 30.9. The van der Waals surface area contributed by atoms with Crippen LogP contribution in [0.25, 0.3) is 49.9 Å². The Morgan fingerprint density at radius 2 is 1.29 bits per heavy atom. The molecule has 0 saturated carbocycles. The van der Waals surface area contributed by atoms with Gasteiger partial charge in [-0.05, 0) is 70.9 Å². The van der Waals surface area contributed by atoms with Crippen LogP contribution in [0.5, 0.6) is 0 Å². The van der Waals surface area contributed by atoms with Gasteiger partial charge in [0.05, 0.1) is 22.4 Å². The second kappa shape index (κ2) is 13.6. The van der Waals surface area contributed by atoms with E-state index in [1.807, 2.05) is 0 Å². The summed E-state index contributed by atoms with van der Waals surface area (Å²) in [5.74, 6) is -0.0855. The second-order valence-electron chi connectivity index (χ2n) is 14.6. The first-order valence-corrected chi connectivity index (χ1v) is 19.4. The summed E-state index contributed by atoms with van der Waals surface area (Å²) in [5, 5.41) is 2.46. The number of rotatable bonds is 4. The number of hydrogen-bond donors (Lipinski definition) is 1. The molecule has 0 saturated heterocycles. The molecule has 2 bridgehead atoms. The summed E-state index contributed by atoms with van der Waals surface area (Å²) in [4.78, 5) is 5.85. The van der Waals surface area contributed by atoms with Crippen LogP contribution in [0.15, 0.2) is 186 Å². The lowest BCUT2D eigenvalue weighted by Crippen LogP contribution is -2.20. The molecule has 1 aliphatic heterocycles. The second-order valence-corrected chi connectivity index (χ2v) is 14.6. The number of aliphatic imine (C=N–C) groups is 1. The van der Waals surface area contributed by atoms with E-state index in [4.69, 9.17) is 10.7 Å². The van der Waals surface area contributed by atoms with Gasteiger partial charge in [0, 0.05) is 50.3 Å². The molecule has 3 nitrogen and oxygen atoms in total. The topological polar surface area (TPSA) is 43.3 Å². The maximum atomic E-state index is 7.59. The highest BCUT2D eigenvalue weighted by Crippen LogP contribution is 2.47. The van der Waals surface area contributed by atoms with Crippen molar-refractivity contribution in [2.24, 2.45) is 4.99 Å². The third kappa shape index (κ3) is 5.46. The summed E-state index contributed by atoms with van der Waals surface area (Å²) in [7, 11) is 0. The largest absolute Gasteiger partial charge is 0.398 e. The number of nitrogens with zero attached hydrogens (tertiary/aromatic N) is 2. The lowest BCUT2D eigenvalue weighted by atomic mass is 9.78. The summed E-state index contributed by atoms with van der Waals surface area (Å²) < 4.78 is 2.44. The van der Waals surface area contributed by atoms with Gasteiger partial charge in [-0.15, -0.1) is 0 Å². The molecule has 1 unspecified atom stereocenters. The number of hydrogen-bond acceptors (Lipinski definition) is 2. The van der Waals surface area contributed by atoms with Gasteiger partial charge in [-0.1, -0.05) is 165 Å². The predicted octanol–water partition coefficient (Wildman–Crippen LogP) is 12.8. The maximum Gasteiger partial charge on any atom is 0.0743 e. The minimum absolute atomic E-state index is 0.0855. The first-order valence-electron chi connectivity index (χ1n) is 19.4. The zero-order chi connectivity index (χ0) is 36.9. The van der Waals surface area contributed by atoms with E-state index in [0.717, 1.165) is 58.7 Å². The predicted molar refractivity (Wildman–Crippen MR) is 232 cm³/mol. The maximum absolute atomic E-state index is 7.59. The smallest absolute Gasteiger partial charge is 0.0743 e. The van der Waals surface area contributed by atoms with Gasteiger partial charge in [0.1, 0.15) is 0 Å². The van der Waals surface area contributed by atoms with Crippen molar-refractivity contribution in [2.75, 3.05) is 5.73 Å². The number of nitrogen functional groups attached to an aromatic ring is 1. The zero-order valence-corrected chi connectivity index (χ0v) is 30.9. The van der Waals surface area contributed by atoms with Crippen LogP contribution in [0, 0.1) is 0 Å². The SMILES string of the molecule is CCC1=C(c2ccccc2)N=C2c3ccccc3Cc3ccc4c5ccccc5n(-c5ccccc5)c4c3-c3cccc(c3N)C2CC=C1c1ccccc1. The number of nitrogens with two attached hydrogens (primary N) is 1. The Kier molecular flexibility index (Phi) is 8.14. The molecular formula is C52H41N3. The van der Waals surface area contributed by atoms with E-state index in [1.54, 1.807) is 0 Å². The molecular weight excluding hydrogens is 667 g/mol. The first-order chi connectivity index (χ1) is 27.2. The Morgan fingerprint density at radius 3 is 2.07 bits per heavy atom. The van der Waals surface area contributed by atoms with Gasteiger partial charge in [-0.2, -0.15) is 0 Å². The summed E-state index contributed by atoms with van der Waals surface area (Å²) in [5.41, 5.74) is 25.9. The van der Waals surface area contributed by atoms with E-state index in [1.165, 1.54) is 60.8 Å². The van der Waals surface area contributed by atoms with Crippen LogP contribution in [0.1, 0.15) is 59.1 Å². The van der Waals surface area contributed by atoms with Crippen LogP contribution in [-0.4, -0.2) is 10.3 Å². The molecule has 8 aromatic rings. The Hall–Kier alpha value is -6.71. The van der Waals surface area contributed by atoms with Crippen LogP contribution < -0.4 is 5.73 Å². The van der Waals surface area contributed by atoms with Crippen molar-refractivity contribution in [3.05, 3.63) is 215 Å². The van der Waals surface area contributed by atoms with Gasteiger partial charge in [0.25, 0.3) is 0 Å². The minimum atomic E-state index is -0.0855. The highest BCUT2D eigenvalue weighted by atomic mass is 15.0. The average Bonchev–Trinajstić information content (AvgIpc) is 3.57. The number of para-hydroxylation sites is 3. The van der Waals surface area contributed by atoms with Crippen LogP contribution in [0.4, 0.5) is 5.69 Å². The van der Waals surface area contributed by atoms with Gasteiger partial charge >= 0.3 is 0 Å². The number of allylic oxidation sites excluding steroid dienone is 3. The summed E-state index contributed by atoms with van der Waals surface area (Å²) in [6, 6.07) is 61.3. The number of aromatic nitrogens is 1. The van der Waals surface area contributed by atoms with E-state index < -0.39 is 0 Å². The Balaban J connectivity index is 1.31. The molecule has 2 aliphatic rings. The molecule has 2 N–H and O–H groups in total. The van der Waals surface area contributed by atoms with Crippen LogP contribution in [-0.2, 0) is 6.42 Å². The van der Waals surface area contributed by atoms with Crippen LogP contribution in [0.3, 0.4) is 0 Å². The molecule has 0 fully saturated rings. The van der Waals surface area contributed by atoms with Crippen molar-refractivity contribution in [1.82, 2.24) is 4.57 Å². The molecule has 1 aromatic heterocycles. The molecule has 55 heavy (non-hydrogen) atoms. The third-order valence-corrected chi connectivity index (χ3v) is 11.6. The Morgan fingerprint density at radius 1 is 0.618 bits per heavy atom. The fourth-order valence-corrected chi connectivity index (χ4v) is 9.12. The fraction of sp³-hybridized carbons (Fsp3) is 0.0962. The van der Waals surface area contributed by atoms with Crippen LogP contribution in [0.2, 0.25) is 0 Å². The highest BCUT2D eigenvalue weighted by molar-refractivity contribution is 6.16. The lowest BCUT2D eigenvalue weighted by Gasteiger charge is -2.29. The molecule has 0 radical (unpaired) electrons. The van der Waals surface area contributed by atoms with Gasteiger partial charge in [0.2, 0.25) is 0 Å². The standard InChI is InChI=1S/C52H41N3/c1-2-39-40(34-17-6-3-7-18-34)31-32-44-43-26-16-27-46(49(43)53)48-37(33-36-21-12-13-24-41(36)51(44)54-50(39)35-19-8-4-9-20-35)29-30-45-42-25-14-15-28-47(42)55(52(45)48)38-22-10-5-11-23-38/h3-31,44H,2,32-33,53H2,1H3. The quantitative estimate of drug-likeness (QED) is 0.182. The number of fused-ring (bicyclic) bond motifs is 12. The van der Waals surface area contributed by atoms with Gasteiger partial charge < -0.3 is 10.3 Å². The average molecular weight is 708 g/mol. The van der Waals surface area contributed by atoms with Crippen molar-refractivity contribution >= 4 is 44.5 Å². The Bertz CT molecular complexity index is 2840. The van der Waals surface area contributed by atoms with Gasteiger partial charge in [-0.3, -0.25) is 4.99 Å². The number of benzene rings is 7. The third-order valence-electron chi connectivity index (χ3n) is 11.6. The Labute approximate surface area is 322 Å². The van der Waals surface area contributed by atoms with Crippen LogP contribution >= 0.6 is 0 Å². The molecule has 1 atom stereocenters. The van der Waals surface area contributed by atoms with E-state index >= 15 is 0 Å². The summed E-state index contributed by atoms with van der Waals surface area (Å²) in [6.07, 6.45) is 4.81. The van der Waals surface area contributed by atoms with Crippen molar-refractivity contribution < 1.29 is 0 Å². The van der Waals surface area contributed by atoms with Crippen molar-refractivity contribution in [2.45, 2.75) is 32.1 Å². The van der Waals surface area contributed by atoms with Crippen molar-refractivity contribution in [3.8, 4) is 16.8 Å². The molecule has 264 valence electrons. The van der Waals surface area contributed by atoms with Gasteiger partial charge in [-0.25, -0.2) is 0 Å². The summed E-state index contributed by atoms with van der Waals surface area (Å²) in [6.45, 7) is 2.25. The monoisotopic (exact) mass is 707 g/mol. The van der Waals surface area contributed by atoms with Gasteiger partial charge in [0.15, 0.2) is 0 Å². The molecule has 2 heterocycles. The summed E-state index contributed by atoms with van der Waals surface area (Å²) >= 11 is 0. The highest BCUT2D eigenvalue weighted by Gasteiger charge is 2.31. The fourth-order valence-electron chi connectivity index (χ4n) is 9.12. The van der Waals surface area contributed by atoms with Crippen molar-refractivity contribution in [1.29, 1.82) is 0 Å². The lowest BCUT2D eigenvalue weighted by molar-refractivity contribution is 0.903. The van der Waals surface area contributed by atoms with E-state index in [0.29, 0.717) is 0 Å². The minimum Gasteiger partial charge on any atom is -0.398 e. The van der Waals surface area contributed by atoms with E-state index in [-0.39, 0.29) is 5.92 Å². The van der Waals surface area contributed by atoms with E-state index in [9.17, 15) is 0 Å². The van der Waals surface area contributed by atoms with Crippen molar-refractivity contribution in [3.63, 3.8) is 0 Å². The molecule has 0 spiro atoms. The first kappa shape index (κ1) is 32.9. The van der Waals surface area contributed by atoms with E-state index in [2.05, 4.69) is 187 Å². The molecule has 10 rings (SSSR count). The molecule has 3 heteroatoms.